The molecular weight excluding hydrogens is 292 g/mol. The van der Waals surface area contributed by atoms with E-state index in [0.717, 1.165) is 51.9 Å². The molecule has 0 aliphatic carbocycles. The summed E-state index contributed by atoms with van der Waals surface area (Å²) in [6.07, 6.45) is 9.79. The predicted octanol–water partition coefficient (Wildman–Crippen LogP) is 2.39. The molecule has 0 atom stereocenters. The Hall–Kier alpha value is -1.59. The van der Waals surface area contributed by atoms with E-state index in [1.165, 1.54) is 0 Å². The summed E-state index contributed by atoms with van der Waals surface area (Å²) in [5.74, 6) is 0.798. The summed E-state index contributed by atoms with van der Waals surface area (Å²) in [5, 5.41) is 0. The number of methoxy groups -OCH3 is 1. The third kappa shape index (κ3) is 4.24. The van der Waals surface area contributed by atoms with Crippen LogP contribution >= 0.6 is 0 Å². The van der Waals surface area contributed by atoms with Crippen LogP contribution in [0.15, 0.2) is 28.9 Å². The van der Waals surface area contributed by atoms with Crippen molar-refractivity contribution in [2.75, 3.05) is 33.3 Å². The number of piperidine rings is 2. The number of amides is 1. The van der Waals surface area contributed by atoms with Crippen molar-refractivity contribution in [1.82, 2.24) is 9.80 Å². The van der Waals surface area contributed by atoms with Crippen LogP contribution in [0.3, 0.4) is 0 Å². The number of furan rings is 1. The molecule has 0 unspecified atom stereocenters. The monoisotopic (exact) mass is 318 g/mol. The summed E-state index contributed by atoms with van der Waals surface area (Å²) >= 11 is 0. The third-order valence-electron chi connectivity index (χ3n) is 5.04. The van der Waals surface area contributed by atoms with Crippen molar-refractivity contribution in [2.45, 2.75) is 37.8 Å². The van der Waals surface area contributed by atoms with Gasteiger partial charge in [-0.3, -0.25) is 4.79 Å². The topological polar surface area (TPSA) is 45.9 Å². The molecule has 5 nitrogen and oxygen atoms in total. The quantitative estimate of drug-likeness (QED) is 0.800. The molecule has 3 rings (SSSR count). The second-order valence-electron chi connectivity index (χ2n) is 6.38. The molecule has 2 aliphatic rings. The number of hydrogen-bond acceptors (Lipinski definition) is 4. The number of ether oxygens (including phenoxy) is 1. The lowest BCUT2D eigenvalue weighted by Gasteiger charge is -2.41. The molecule has 0 N–H and O–H groups in total. The fourth-order valence-electron chi connectivity index (χ4n) is 3.57. The van der Waals surface area contributed by atoms with E-state index in [1.807, 2.05) is 17.0 Å². The molecule has 126 valence electrons. The minimum Gasteiger partial charge on any atom is -0.465 e. The standard InChI is InChI=1S/C18H26N2O3/c1-22-16-8-12-19(13-9-16)15-6-10-20(11-7-15)18(21)5-4-17-3-2-14-23-17/h2-5,14-16H,6-13H2,1H3/b5-4+. The van der Waals surface area contributed by atoms with E-state index >= 15 is 0 Å². The van der Waals surface area contributed by atoms with Crippen molar-refractivity contribution >= 4 is 12.0 Å². The van der Waals surface area contributed by atoms with Gasteiger partial charge in [0.15, 0.2) is 0 Å². The minimum atomic E-state index is 0.0814. The first-order valence-electron chi connectivity index (χ1n) is 8.53. The maximum Gasteiger partial charge on any atom is 0.246 e. The van der Waals surface area contributed by atoms with E-state index in [2.05, 4.69) is 4.90 Å². The van der Waals surface area contributed by atoms with E-state index in [0.29, 0.717) is 17.9 Å². The highest BCUT2D eigenvalue weighted by molar-refractivity contribution is 5.91. The molecule has 5 heteroatoms. The average Bonchev–Trinajstić information content (AvgIpc) is 3.13. The van der Waals surface area contributed by atoms with E-state index in [9.17, 15) is 4.79 Å². The fourth-order valence-corrected chi connectivity index (χ4v) is 3.57. The summed E-state index contributed by atoms with van der Waals surface area (Å²) in [5.41, 5.74) is 0. The van der Waals surface area contributed by atoms with Gasteiger partial charge in [-0.25, -0.2) is 0 Å². The molecule has 1 amide bonds. The summed E-state index contributed by atoms with van der Waals surface area (Å²) in [4.78, 5) is 16.7. The van der Waals surface area contributed by atoms with E-state index in [1.54, 1.807) is 25.5 Å². The second-order valence-corrected chi connectivity index (χ2v) is 6.38. The SMILES string of the molecule is COC1CCN(C2CCN(C(=O)/C=C/c3ccco3)CC2)CC1. The Morgan fingerprint density at radius 2 is 1.96 bits per heavy atom. The van der Waals surface area contributed by atoms with Crippen LogP contribution in [0, 0.1) is 0 Å². The lowest BCUT2D eigenvalue weighted by atomic mass is 9.99. The lowest BCUT2D eigenvalue weighted by Crippen LogP contribution is -2.49. The third-order valence-corrected chi connectivity index (χ3v) is 5.04. The van der Waals surface area contributed by atoms with Gasteiger partial charge in [-0.1, -0.05) is 0 Å². The molecule has 0 radical (unpaired) electrons. The maximum atomic E-state index is 12.2. The maximum absolute atomic E-state index is 12.2. The number of carbonyl (C=O) groups is 1. The summed E-state index contributed by atoms with van der Waals surface area (Å²) in [7, 11) is 1.81. The summed E-state index contributed by atoms with van der Waals surface area (Å²) in [6, 6.07) is 4.29. The molecule has 2 fully saturated rings. The Bertz CT molecular complexity index is 510. The summed E-state index contributed by atoms with van der Waals surface area (Å²) < 4.78 is 10.6. The molecule has 0 aromatic carbocycles. The van der Waals surface area contributed by atoms with Crippen LogP contribution in [0.1, 0.15) is 31.4 Å². The molecule has 23 heavy (non-hydrogen) atoms. The van der Waals surface area contributed by atoms with Gasteiger partial charge in [0.2, 0.25) is 5.91 Å². The molecule has 2 saturated heterocycles. The highest BCUT2D eigenvalue weighted by atomic mass is 16.5. The zero-order valence-electron chi connectivity index (χ0n) is 13.8. The number of hydrogen-bond donors (Lipinski definition) is 0. The molecule has 1 aromatic heterocycles. The van der Waals surface area contributed by atoms with E-state index < -0.39 is 0 Å². The van der Waals surface area contributed by atoms with Crippen LogP contribution in [0.5, 0.6) is 0 Å². The van der Waals surface area contributed by atoms with Crippen LogP contribution in [0.4, 0.5) is 0 Å². The molecule has 0 spiro atoms. The Morgan fingerprint density at radius 1 is 1.22 bits per heavy atom. The van der Waals surface area contributed by atoms with Crippen molar-refractivity contribution in [3.05, 3.63) is 30.2 Å². The Kier molecular flexibility index (Phi) is 5.51. The lowest BCUT2D eigenvalue weighted by molar-refractivity contribution is -0.127. The van der Waals surface area contributed by atoms with Crippen molar-refractivity contribution in [2.24, 2.45) is 0 Å². The van der Waals surface area contributed by atoms with Crippen molar-refractivity contribution in [3.63, 3.8) is 0 Å². The highest BCUT2D eigenvalue weighted by Crippen LogP contribution is 2.22. The molecule has 0 saturated carbocycles. The number of rotatable bonds is 4. The number of carbonyl (C=O) groups excluding carboxylic acids is 1. The van der Waals surface area contributed by atoms with Gasteiger partial charge in [0.05, 0.1) is 12.4 Å². The van der Waals surface area contributed by atoms with Gasteiger partial charge in [-0.15, -0.1) is 0 Å². The molecule has 2 aliphatic heterocycles. The van der Waals surface area contributed by atoms with Gasteiger partial charge < -0.3 is 19.0 Å². The van der Waals surface area contributed by atoms with Crippen LogP contribution in [0.2, 0.25) is 0 Å². The van der Waals surface area contributed by atoms with Gasteiger partial charge in [-0.05, 0) is 43.9 Å². The van der Waals surface area contributed by atoms with E-state index in [4.69, 9.17) is 9.15 Å². The van der Waals surface area contributed by atoms with Crippen LogP contribution in [0.25, 0.3) is 6.08 Å². The van der Waals surface area contributed by atoms with Crippen molar-refractivity contribution in [3.8, 4) is 0 Å². The normalized spacial score (nSPS) is 22.0. The molecule has 1 aromatic rings. The molecule has 3 heterocycles. The molecule has 0 bridgehead atoms. The Labute approximate surface area is 137 Å². The van der Waals surface area contributed by atoms with Crippen molar-refractivity contribution in [1.29, 1.82) is 0 Å². The van der Waals surface area contributed by atoms with Crippen LogP contribution < -0.4 is 0 Å². The zero-order valence-corrected chi connectivity index (χ0v) is 13.8. The summed E-state index contributed by atoms with van der Waals surface area (Å²) in [6.45, 7) is 3.93. The van der Waals surface area contributed by atoms with Gasteiger partial charge in [0.1, 0.15) is 5.76 Å². The largest absolute Gasteiger partial charge is 0.465 e. The predicted molar refractivity (Wildman–Crippen MR) is 88.9 cm³/mol. The number of likely N-dealkylation sites (tertiary alicyclic amines) is 2. The zero-order chi connectivity index (χ0) is 16.1. The van der Waals surface area contributed by atoms with Gasteiger partial charge in [0, 0.05) is 45.4 Å². The van der Waals surface area contributed by atoms with Crippen LogP contribution in [-0.2, 0) is 9.53 Å². The van der Waals surface area contributed by atoms with E-state index in [-0.39, 0.29) is 5.91 Å². The van der Waals surface area contributed by atoms with Gasteiger partial charge in [0.25, 0.3) is 0 Å². The van der Waals surface area contributed by atoms with Gasteiger partial charge in [-0.2, -0.15) is 0 Å². The fraction of sp³-hybridized carbons (Fsp3) is 0.611. The molecular formula is C18H26N2O3. The smallest absolute Gasteiger partial charge is 0.246 e. The minimum absolute atomic E-state index is 0.0814. The average molecular weight is 318 g/mol. The van der Waals surface area contributed by atoms with Crippen LogP contribution in [-0.4, -0.2) is 61.1 Å². The number of nitrogens with zero attached hydrogens (tertiary/aromatic N) is 2. The van der Waals surface area contributed by atoms with Gasteiger partial charge >= 0.3 is 0 Å². The first kappa shape index (κ1) is 16.3. The Balaban J connectivity index is 1.44. The Morgan fingerprint density at radius 3 is 2.57 bits per heavy atom. The first-order valence-corrected chi connectivity index (χ1v) is 8.53. The second kappa shape index (κ2) is 7.79. The first-order chi connectivity index (χ1) is 11.3. The highest BCUT2D eigenvalue weighted by Gasteiger charge is 2.29. The van der Waals surface area contributed by atoms with Crippen molar-refractivity contribution < 1.29 is 13.9 Å².